The van der Waals surface area contributed by atoms with E-state index < -0.39 is 5.78 Å². The summed E-state index contributed by atoms with van der Waals surface area (Å²) in [6.07, 6.45) is 2.75. The lowest BCUT2D eigenvalue weighted by Gasteiger charge is -1.96. The molecule has 76 valence electrons. The first-order valence-corrected chi connectivity index (χ1v) is 4.17. The van der Waals surface area contributed by atoms with E-state index in [2.05, 4.69) is 5.16 Å². The van der Waals surface area contributed by atoms with E-state index in [0.29, 0.717) is 0 Å². The number of oxime groups is 1. The molecule has 0 atom stereocenters. The Kier molecular flexibility index (Phi) is 2.37. The van der Waals surface area contributed by atoms with Crippen LogP contribution in [0.4, 0.5) is 0 Å². The van der Waals surface area contributed by atoms with Crippen molar-refractivity contribution in [3.8, 4) is 0 Å². The smallest absolute Gasteiger partial charge is 0.253 e. The number of rotatable bonds is 3. The molecule has 0 amide bonds. The maximum Gasteiger partial charge on any atom is 0.253 e. The molecule has 0 aliphatic carbocycles. The summed E-state index contributed by atoms with van der Waals surface area (Å²) in [7, 11) is 0. The molecule has 0 spiro atoms. The van der Waals surface area contributed by atoms with Crippen LogP contribution in [0, 0.1) is 0 Å². The summed E-state index contributed by atoms with van der Waals surface area (Å²) in [5.41, 5.74) is -0.185. The summed E-state index contributed by atoms with van der Waals surface area (Å²) in [4.78, 5) is 11.7. The Hall–Kier alpha value is -2.30. The van der Waals surface area contributed by atoms with Crippen molar-refractivity contribution < 1.29 is 18.8 Å². The zero-order chi connectivity index (χ0) is 10.7. The SMILES string of the molecule is O=C(/C(=N\O)c1ccco1)c1ccco1. The average molecular weight is 205 g/mol. The minimum Gasteiger partial charge on any atom is -0.462 e. The Balaban J connectivity index is 2.34. The third-order valence-corrected chi connectivity index (χ3v) is 1.81. The molecule has 0 aliphatic heterocycles. The van der Waals surface area contributed by atoms with Crippen molar-refractivity contribution in [3.63, 3.8) is 0 Å². The quantitative estimate of drug-likeness (QED) is 0.359. The topological polar surface area (TPSA) is 75.9 Å². The van der Waals surface area contributed by atoms with Crippen LogP contribution in [-0.4, -0.2) is 16.7 Å². The number of Topliss-reactive ketones (excluding diaryl/α,β-unsaturated/α-hetero) is 1. The molecule has 0 radical (unpaired) electrons. The average Bonchev–Trinajstić information content (AvgIpc) is 2.91. The van der Waals surface area contributed by atoms with Gasteiger partial charge in [-0.25, -0.2) is 0 Å². The van der Waals surface area contributed by atoms with Crippen molar-refractivity contribution in [2.75, 3.05) is 0 Å². The zero-order valence-corrected chi connectivity index (χ0v) is 7.58. The first-order valence-electron chi connectivity index (χ1n) is 4.17. The van der Waals surface area contributed by atoms with Crippen molar-refractivity contribution in [2.24, 2.45) is 5.16 Å². The number of hydrogen-bond acceptors (Lipinski definition) is 5. The molecule has 5 nitrogen and oxygen atoms in total. The number of ketones is 1. The maximum absolute atomic E-state index is 11.7. The highest BCUT2D eigenvalue weighted by molar-refractivity contribution is 6.50. The molecule has 0 aliphatic rings. The minimum atomic E-state index is -0.530. The summed E-state index contributed by atoms with van der Waals surface area (Å²) in [6, 6.07) is 6.17. The van der Waals surface area contributed by atoms with Crippen molar-refractivity contribution in [2.45, 2.75) is 0 Å². The van der Waals surface area contributed by atoms with Crippen LogP contribution in [0.1, 0.15) is 16.3 Å². The van der Waals surface area contributed by atoms with E-state index in [4.69, 9.17) is 14.0 Å². The van der Waals surface area contributed by atoms with E-state index in [0.717, 1.165) is 0 Å². The van der Waals surface area contributed by atoms with Crippen LogP contribution < -0.4 is 0 Å². The number of hydrogen-bond donors (Lipinski definition) is 1. The summed E-state index contributed by atoms with van der Waals surface area (Å²) < 4.78 is 9.85. The largest absolute Gasteiger partial charge is 0.462 e. The van der Waals surface area contributed by atoms with E-state index in [1.54, 1.807) is 12.1 Å². The fraction of sp³-hybridized carbons (Fsp3) is 0. The fourth-order valence-corrected chi connectivity index (χ4v) is 1.14. The molecule has 5 heteroatoms. The monoisotopic (exact) mass is 205 g/mol. The Labute approximate surface area is 84.6 Å². The van der Waals surface area contributed by atoms with Crippen LogP contribution in [0.2, 0.25) is 0 Å². The molecule has 0 fully saturated rings. The van der Waals surface area contributed by atoms with E-state index in [9.17, 15) is 4.79 Å². The highest BCUT2D eigenvalue weighted by Crippen LogP contribution is 2.09. The summed E-state index contributed by atoms with van der Waals surface area (Å²) >= 11 is 0. The lowest BCUT2D eigenvalue weighted by molar-refractivity contribution is 0.103. The second kappa shape index (κ2) is 3.83. The molecule has 2 rings (SSSR count). The molecule has 0 bridgehead atoms. The van der Waals surface area contributed by atoms with Gasteiger partial charge in [0.05, 0.1) is 12.5 Å². The molecule has 0 unspecified atom stereocenters. The third-order valence-electron chi connectivity index (χ3n) is 1.81. The fourth-order valence-electron chi connectivity index (χ4n) is 1.14. The van der Waals surface area contributed by atoms with Crippen molar-refractivity contribution in [1.82, 2.24) is 0 Å². The van der Waals surface area contributed by atoms with Gasteiger partial charge in [-0.15, -0.1) is 0 Å². The van der Waals surface area contributed by atoms with Crippen LogP contribution >= 0.6 is 0 Å². The number of carbonyl (C=O) groups excluding carboxylic acids is 1. The summed E-state index contributed by atoms with van der Waals surface area (Å²) in [6.45, 7) is 0. The second-order valence-corrected chi connectivity index (χ2v) is 2.73. The molecule has 0 saturated carbocycles. The predicted octanol–water partition coefficient (Wildman–Crippen LogP) is 1.93. The van der Waals surface area contributed by atoms with Crippen LogP contribution in [0.3, 0.4) is 0 Å². The van der Waals surface area contributed by atoms with Crippen LogP contribution in [0.25, 0.3) is 0 Å². The highest BCUT2D eigenvalue weighted by Gasteiger charge is 2.21. The zero-order valence-electron chi connectivity index (χ0n) is 7.58. The molecule has 0 saturated heterocycles. The molecular weight excluding hydrogens is 198 g/mol. The lowest BCUT2D eigenvalue weighted by atomic mass is 10.1. The van der Waals surface area contributed by atoms with Gasteiger partial charge in [0.25, 0.3) is 5.78 Å². The molecule has 2 aromatic rings. The Morgan fingerprint density at radius 2 is 1.73 bits per heavy atom. The summed E-state index contributed by atoms with van der Waals surface area (Å²) in [5.74, 6) is -0.240. The van der Waals surface area contributed by atoms with Crippen LogP contribution in [0.5, 0.6) is 0 Å². The Bertz CT molecular complexity index is 468. The molecule has 0 aromatic carbocycles. The van der Waals surface area contributed by atoms with Gasteiger partial charge >= 0.3 is 0 Å². The van der Waals surface area contributed by atoms with Crippen molar-refractivity contribution >= 4 is 11.5 Å². The number of nitrogens with zero attached hydrogens (tertiary/aromatic N) is 1. The molecule has 2 heterocycles. The third kappa shape index (κ3) is 1.67. The molecular formula is C10H7NO4. The van der Waals surface area contributed by atoms with Gasteiger partial charge in [0.15, 0.2) is 17.2 Å². The van der Waals surface area contributed by atoms with Crippen molar-refractivity contribution in [3.05, 3.63) is 48.3 Å². The number of furan rings is 2. The Morgan fingerprint density at radius 1 is 1.13 bits per heavy atom. The van der Waals surface area contributed by atoms with Gasteiger partial charge < -0.3 is 14.0 Å². The highest BCUT2D eigenvalue weighted by atomic mass is 16.4. The van der Waals surface area contributed by atoms with Gasteiger partial charge in [0, 0.05) is 0 Å². The van der Waals surface area contributed by atoms with Gasteiger partial charge in [-0.1, -0.05) is 5.16 Å². The minimum absolute atomic E-state index is 0.0965. The van der Waals surface area contributed by atoms with Crippen LogP contribution in [-0.2, 0) is 0 Å². The molecule has 1 N–H and O–H groups in total. The van der Waals surface area contributed by atoms with Gasteiger partial charge in [0.2, 0.25) is 0 Å². The first kappa shape index (κ1) is 9.26. The van der Waals surface area contributed by atoms with Crippen molar-refractivity contribution in [1.29, 1.82) is 0 Å². The molecule has 15 heavy (non-hydrogen) atoms. The van der Waals surface area contributed by atoms with E-state index in [-0.39, 0.29) is 17.2 Å². The lowest BCUT2D eigenvalue weighted by Crippen LogP contribution is -2.14. The van der Waals surface area contributed by atoms with E-state index >= 15 is 0 Å². The van der Waals surface area contributed by atoms with Gasteiger partial charge in [-0.05, 0) is 24.3 Å². The van der Waals surface area contributed by atoms with Gasteiger partial charge in [0.1, 0.15) is 0 Å². The standard InChI is InChI=1S/C10H7NO4/c12-10(8-4-2-6-15-8)9(11-13)7-3-1-5-14-7/h1-6,13H/b11-9-. The number of carbonyl (C=O) groups is 1. The van der Waals surface area contributed by atoms with E-state index in [1.807, 2.05) is 0 Å². The molecule has 2 aromatic heterocycles. The Morgan fingerprint density at radius 3 is 2.20 bits per heavy atom. The van der Waals surface area contributed by atoms with E-state index in [1.165, 1.54) is 24.7 Å². The first-order chi connectivity index (χ1) is 7.33. The summed E-state index contributed by atoms with van der Waals surface area (Å²) in [5, 5.41) is 11.6. The second-order valence-electron chi connectivity index (χ2n) is 2.73. The normalized spacial score (nSPS) is 11.6. The van der Waals surface area contributed by atoms with Gasteiger partial charge in [-0.2, -0.15) is 0 Å². The van der Waals surface area contributed by atoms with Crippen LogP contribution in [0.15, 0.2) is 50.8 Å². The maximum atomic E-state index is 11.7. The van der Waals surface area contributed by atoms with Gasteiger partial charge in [-0.3, -0.25) is 4.79 Å². The predicted molar refractivity (Wildman–Crippen MR) is 50.1 cm³/mol.